The van der Waals surface area contributed by atoms with Gasteiger partial charge < -0.3 is 4.74 Å². The van der Waals surface area contributed by atoms with Crippen molar-refractivity contribution < 1.29 is 17.9 Å². The minimum atomic E-state index is -3.61. The van der Waals surface area contributed by atoms with E-state index in [4.69, 9.17) is 16.3 Å². The van der Waals surface area contributed by atoms with E-state index in [1.807, 2.05) is 29.0 Å². The fraction of sp³-hybridized carbons (Fsp3) is 0.235. The maximum absolute atomic E-state index is 11.8. The quantitative estimate of drug-likeness (QED) is 0.851. The molecular formula is C17H18ClNO4S. The Morgan fingerprint density at radius 3 is 2.38 bits per heavy atom. The zero-order valence-electron chi connectivity index (χ0n) is 13.4. The van der Waals surface area contributed by atoms with Crippen LogP contribution in [0.2, 0.25) is 5.02 Å². The molecule has 0 bridgehead atoms. The Balaban J connectivity index is 2.05. The smallest absolute Gasteiger partial charge is 0.264 e. The normalized spacial score (nSPS) is 11.1. The van der Waals surface area contributed by atoms with Gasteiger partial charge in [-0.05, 0) is 36.2 Å². The Bertz CT molecular complexity index is 832. The first kappa shape index (κ1) is 18.3. The highest BCUT2D eigenvalue weighted by molar-refractivity contribution is 7.89. The molecule has 0 aromatic heterocycles. The van der Waals surface area contributed by atoms with Gasteiger partial charge in [0, 0.05) is 16.1 Å². The highest BCUT2D eigenvalue weighted by atomic mass is 35.5. The molecule has 0 atom stereocenters. The number of nitrogens with one attached hydrogen (secondary N) is 1. The lowest BCUT2D eigenvalue weighted by molar-refractivity contribution is 0.0981. The van der Waals surface area contributed by atoms with E-state index in [0.29, 0.717) is 10.6 Å². The topological polar surface area (TPSA) is 72.5 Å². The highest BCUT2D eigenvalue weighted by Gasteiger charge is 2.13. The van der Waals surface area contributed by atoms with Gasteiger partial charge in [-0.1, -0.05) is 36.7 Å². The van der Waals surface area contributed by atoms with E-state index < -0.39 is 15.9 Å². The molecule has 0 saturated carbocycles. The molecule has 0 saturated heterocycles. The summed E-state index contributed by atoms with van der Waals surface area (Å²) in [5.74, 6) is 0.00388. The van der Waals surface area contributed by atoms with Crippen molar-refractivity contribution in [2.45, 2.75) is 20.0 Å². The molecule has 0 aliphatic rings. The van der Waals surface area contributed by atoms with Gasteiger partial charge in [0.25, 0.3) is 5.91 Å². The van der Waals surface area contributed by atoms with Crippen LogP contribution in [0.1, 0.15) is 28.4 Å². The molecule has 7 heteroatoms. The molecule has 1 N–H and O–H groups in total. The first-order valence-corrected chi connectivity index (χ1v) is 9.57. The molecule has 24 heavy (non-hydrogen) atoms. The van der Waals surface area contributed by atoms with Crippen LogP contribution in [0.3, 0.4) is 0 Å². The molecule has 0 aliphatic carbocycles. The molecular weight excluding hydrogens is 350 g/mol. The predicted octanol–water partition coefficient (Wildman–Crippen LogP) is 3.17. The van der Waals surface area contributed by atoms with Crippen LogP contribution in [0.25, 0.3) is 0 Å². The first-order chi connectivity index (χ1) is 11.3. The Morgan fingerprint density at radius 2 is 1.83 bits per heavy atom. The van der Waals surface area contributed by atoms with Crippen molar-refractivity contribution in [1.29, 1.82) is 0 Å². The van der Waals surface area contributed by atoms with Gasteiger partial charge in [-0.3, -0.25) is 4.79 Å². The molecule has 2 rings (SSSR count). The summed E-state index contributed by atoms with van der Waals surface area (Å²) >= 11 is 6.15. The molecule has 0 aliphatic heterocycles. The number of halogens is 1. The fourth-order valence-electron chi connectivity index (χ4n) is 2.02. The van der Waals surface area contributed by atoms with Crippen LogP contribution in [0.15, 0.2) is 42.5 Å². The summed E-state index contributed by atoms with van der Waals surface area (Å²) in [6.07, 6.45) is 1.88. The summed E-state index contributed by atoms with van der Waals surface area (Å²) < 4.78 is 29.7. The van der Waals surface area contributed by atoms with Gasteiger partial charge in [-0.2, -0.15) is 0 Å². The molecule has 1 amide bonds. The Hall–Kier alpha value is -2.05. The van der Waals surface area contributed by atoms with Crippen LogP contribution in [0, 0.1) is 0 Å². The van der Waals surface area contributed by atoms with Crippen molar-refractivity contribution in [3.8, 4) is 5.75 Å². The third-order valence-electron chi connectivity index (χ3n) is 3.32. The van der Waals surface area contributed by atoms with Crippen molar-refractivity contribution in [2.75, 3.05) is 6.26 Å². The molecule has 5 nitrogen and oxygen atoms in total. The maximum Gasteiger partial charge on any atom is 0.264 e. The van der Waals surface area contributed by atoms with Crippen molar-refractivity contribution in [3.63, 3.8) is 0 Å². The number of hydrogen-bond acceptors (Lipinski definition) is 4. The third kappa shape index (κ3) is 5.25. The number of ether oxygens (including phenoxy) is 1. The molecule has 2 aromatic rings. The number of carbonyl (C=O) groups excluding carboxylic acids is 1. The van der Waals surface area contributed by atoms with Gasteiger partial charge >= 0.3 is 0 Å². The molecule has 2 aromatic carbocycles. The minimum Gasteiger partial charge on any atom is -0.489 e. The average Bonchev–Trinajstić information content (AvgIpc) is 2.52. The number of benzene rings is 2. The lowest BCUT2D eigenvalue weighted by Gasteiger charge is -2.10. The van der Waals surface area contributed by atoms with Crippen LogP contribution < -0.4 is 9.46 Å². The second-order valence-corrected chi connectivity index (χ2v) is 7.45. The monoisotopic (exact) mass is 367 g/mol. The number of carbonyl (C=O) groups is 1. The Labute approximate surface area is 146 Å². The van der Waals surface area contributed by atoms with Gasteiger partial charge in [0.2, 0.25) is 10.0 Å². The van der Waals surface area contributed by atoms with E-state index in [1.165, 1.54) is 17.7 Å². The van der Waals surface area contributed by atoms with Gasteiger partial charge in [0.15, 0.2) is 0 Å². The lowest BCUT2D eigenvalue weighted by atomic mass is 10.1. The first-order valence-electron chi connectivity index (χ1n) is 7.31. The largest absolute Gasteiger partial charge is 0.489 e. The van der Waals surface area contributed by atoms with E-state index in [2.05, 4.69) is 6.92 Å². The number of hydrogen-bond donors (Lipinski definition) is 1. The summed E-state index contributed by atoms with van der Waals surface area (Å²) in [6.45, 7) is 2.33. The fourth-order valence-corrected chi connectivity index (χ4v) is 2.71. The van der Waals surface area contributed by atoms with Gasteiger partial charge in [0.1, 0.15) is 12.4 Å². The van der Waals surface area contributed by atoms with Crippen LogP contribution in [0.4, 0.5) is 0 Å². The zero-order valence-corrected chi connectivity index (χ0v) is 14.9. The van der Waals surface area contributed by atoms with Crippen LogP contribution in [-0.4, -0.2) is 20.6 Å². The number of aryl methyl sites for hydroxylation is 1. The highest BCUT2D eigenvalue weighted by Crippen LogP contribution is 2.21. The van der Waals surface area contributed by atoms with E-state index in [1.54, 1.807) is 6.07 Å². The van der Waals surface area contributed by atoms with Crippen LogP contribution in [-0.2, 0) is 23.1 Å². The molecule has 0 fully saturated rings. The molecule has 0 spiro atoms. The number of rotatable bonds is 6. The third-order valence-corrected chi connectivity index (χ3v) is 4.23. The van der Waals surface area contributed by atoms with Gasteiger partial charge in [-0.15, -0.1) is 0 Å². The van der Waals surface area contributed by atoms with Crippen molar-refractivity contribution in [2.24, 2.45) is 0 Å². The maximum atomic E-state index is 11.8. The van der Waals surface area contributed by atoms with E-state index in [-0.39, 0.29) is 12.2 Å². The molecule has 0 heterocycles. The van der Waals surface area contributed by atoms with Crippen LogP contribution in [0.5, 0.6) is 5.75 Å². The summed E-state index contributed by atoms with van der Waals surface area (Å²) in [4.78, 5) is 11.8. The van der Waals surface area contributed by atoms with Gasteiger partial charge in [0.05, 0.1) is 6.26 Å². The van der Waals surface area contributed by atoms with Crippen molar-refractivity contribution in [1.82, 2.24) is 4.72 Å². The van der Waals surface area contributed by atoms with E-state index in [0.717, 1.165) is 18.4 Å². The van der Waals surface area contributed by atoms with Crippen molar-refractivity contribution in [3.05, 3.63) is 64.2 Å². The summed E-state index contributed by atoms with van der Waals surface area (Å²) in [5, 5.41) is 0.335. The predicted molar refractivity (Wildman–Crippen MR) is 93.9 cm³/mol. The SMILES string of the molecule is CCc1ccc(OCc2ccc(C(=O)NS(C)(=O)=O)cc2Cl)cc1. The standard InChI is InChI=1S/C17H18ClNO4S/c1-3-12-4-8-15(9-5-12)23-11-14-7-6-13(10-16(14)18)17(20)19-24(2,21)22/h4-10H,3,11H2,1-2H3,(H,19,20). The van der Waals surface area contributed by atoms with Crippen LogP contribution >= 0.6 is 11.6 Å². The zero-order chi connectivity index (χ0) is 17.7. The van der Waals surface area contributed by atoms with Gasteiger partial charge in [-0.25, -0.2) is 13.1 Å². The summed E-state index contributed by atoms with van der Waals surface area (Å²) in [7, 11) is -3.61. The Morgan fingerprint density at radius 1 is 1.17 bits per heavy atom. The average molecular weight is 368 g/mol. The second-order valence-electron chi connectivity index (χ2n) is 5.30. The Kier molecular flexibility index (Phi) is 5.85. The van der Waals surface area contributed by atoms with E-state index >= 15 is 0 Å². The number of sulfonamides is 1. The number of amides is 1. The molecule has 0 unspecified atom stereocenters. The summed E-state index contributed by atoms with van der Waals surface area (Å²) in [6, 6.07) is 12.3. The minimum absolute atomic E-state index is 0.168. The molecule has 0 radical (unpaired) electrons. The summed E-state index contributed by atoms with van der Waals surface area (Å²) in [5.41, 5.74) is 2.09. The lowest BCUT2D eigenvalue weighted by Crippen LogP contribution is -2.29. The van der Waals surface area contributed by atoms with Crippen molar-refractivity contribution >= 4 is 27.5 Å². The van der Waals surface area contributed by atoms with E-state index in [9.17, 15) is 13.2 Å². The second kappa shape index (κ2) is 7.68. The molecule has 128 valence electrons.